The second-order valence-electron chi connectivity index (χ2n) is 4.40. The molecule has 0 aliphatic carbocycles. The monoisotopic (exact) mass is 414 g/mol. The van der Waals surface area contributed by atoms with Crippen LogP contribution < -0.4 is 11.2 Å². The maximum Gasteiger partial charge on any atom is 0.335 e. The van der Waals surface area contributed by atoms with Gasteiger partial charge in [-0.25, -0.2) is 9.59 Å². The van der Waals surface area contributed by atoms with E-state index in [4.69, 9.17) is 9.84 Å². The predicted octanol–water partition coefficient (Wildman–Crippen LogP) is -2.79. The zero-order valence-electron chi connectivity index (χ0n) is 10.2. The Kier molecular flexibility index (Phi) is 4.48. The first-order chi connectivity index (χ1) is 9.73. The Hall–Kier alpha value is -1.28. The van der Waals surface area contributed by atoms with Crippen LogP contribution in [0.2, 0.25) is 0 Å². The summed E-state index contributed by atoms with van der Waals surface area (Å²) < 4.78 is 6.01. The van der Waals surface area contributed by atoms with Crippen LogP contribution in [0, 0.1) is 3.57 Å². The highest BCUT2D eigenvalue weighted by atomic mass is 127. The van der Waals surface area contributed by atoms with E-state index in [-0.39, 0.29) is 3.57 Å². The van der Waals surface area contributed by atoms with Gasteiger partial charge < -0.3 is 25.2 Å². The van der Waals surface area contributed by atoms with Crippen molar-refractivity contribution in [2.45, 2.75) is 30.6 Å². The fourth-order valence-corrected chi connectivity index (χ4v) is 2.40. The topological polar surface area (TPSA) is 162 Å². The number of aromatic amines is 1. The quantitative estimate of drug-likeness (QED) is 0.332. The molecule has 0 unspecified atom stereocenters. The average molecular weight is 414 g/mol. The van der Waals surface area contributed by atoms with Gasteiger partial charge in [0.05, 0.1) is 3.57 Å². The number of rotatable bonds is 3. The molecule has 0 spiro atoms. The fourth-order valence-electron chi connectivity index (χ4n) is 1.97. The molecule has 0 amide bonds. The standard InChI is InChI=1S/C10H11IN2O8/c11-2-1-13(10(20)12-7(2)17)8-4(15)3(14)6(21-8)5(16)9(18)19/h1,3-6,8,14-16H,(H,18,19)(H,12,17,20)/t3-,4-,5-,6+,8-/m0/s1. The molecule has 116 valence electrons. The molecule has 2 rings (SSSR count). The largest absolute Gasteiger partial charge is 0.479 e. The number of hydrogen-bond donors (Lipinski definition) is 5. The number of carbonyl (C=O) groups is 1. The molecule has 0 radical (unpaired) electrons. The van der Waals surface area contributed by atoms with Crippen molar-refractivity contribution >= 4 is 28.6 Å². The van der Waals surface area contributed by atoms with E-state index in [1.54, 1.807) is 22.6 Å². The molecular formula is C10H11IN2O8. The van der Waals surface area contributed by atoms with Crippen molar-refractivity contribution in [2.75, 3.05) is 0 Å². The number of carboxylic acids is 1. The highest BCUT2D eigenvalue weighted by Crippen LogP contribution is 2.30. The molecule has 0 saturated carbocycles. The number of nitrogens with zero attached hydrogens (tertiary/aromatic N) is 1. The van der Waals surface area contributed by atoms with Gasteiger partial charge in [0.1, 0.15) is 18.3 Å². The van der Waals surface area contributed by atoms with Crippen LogP contribution in [-0.4, -0.2) is 60.4 Å². The summed E-state index contributed by atoms with van der Waals surface area (Å²) in [5, 5.41) is 37.7. The molecule has 5 N–H and O–H groups in total. The lowest BCUT2D eigenvalue weighted by atomic mass is 10.1. The summed E-state index contributed by atoms with van der Waals surface area (Å²) in [6.07, 6.45) is -7.38. The summed E-state index contributed by atoms with van der Waals surface area (Å²) in [5.41, 5.74) is -1.53. The molecule has 11 heteroatoms. The van der Waals surface area contributed by atoms with Gasteiger partial charge in [-0.2, -0.15) is 0 Å². The van der Waals surface area contributed by atoms with Crippen molar-refractivity contribution in [1.82, 2.24) is 9.55 Å². The minimum absolute atomic E-state index is 0.125. The Labute approximate surface area is 129 Å². The predicted molar refractivity (Wildman–Crippen MR) is 73.6 cm³/mol. The van der Waals surface area contributed by atoms with Gasteiger partial charge in [0, 0.05) is 6.20 Å². The smallest absolute Gasteiger partial charge is 0.335 e. The van der Waals surface area contributed by atoms with Crippen LogP contribution in [0.5, 0.6) is 0 Å². The van der Waals surface area contributed by atoms with E-state index >= 15 is 0 Å². The van der Waals surface area contributed by atoms with E-state index in [0.29, 0.717) is 0 Å². The lowest BCUT2D eigenvalue weighted by Gasteiger charge is -2.18. The number of carboxylic acid groups (broad SMARTS) is 1. The second-order valence-corrected chi connectivity index (χ2v) is 5.56. The Morgan fingerprint density at radius 2 is 2.00 bits per heavy atom. The van der Waals surface area contributed by atoms with Crippen LogP contribution in [0.4, 0.5) is 0 Å². The van der Waals surface area contributed by atoms with Gasteiger partial charge in [0.2, 0.25) is 0 Å². The number of H-pyrrole nitrogens is 1. The molecule has 0 bridgehead atoms. The zero-order chi connectivity index (χ0) is 15.9. The normalized spacial score (nSPS) is 30.3. The van der Waals surface area contributed by atoms with Crippen molar-refractivity contribution < 1.29 is 30.0 Å². The molecular weight excluding hydrogens is 403 g/mol. The molecule has 1 aromatic heterocycles. The van der Waals surface area contributed by atoms with Gasteiger partial charge in [0.25, 0.3) is 5.56 Å². The third-order valence-corrected chi connectivity index (χ3v) is 3.81. The SMILES string of the molecule is O=C(O)[C@@H](O)[C@@H]1O[C@H](n2cc(I)c(=O)[nH]c2=O)[C@@H](O)[C@@H]1O. The number of ether oxygens (including phenoxy) is 1. The lowest BCUT2D eigenvalue weighted by molar-refractivity contribution is -0.160. The van der Waals surface area contributed by atoms with Crippen molar-refractivity contribution in [1.29, 1.82) is 0 Å². The maximum atomic E-state index is 11.7. The third kappa shape index (κ3) is 2.87. The molecule has 2 heterocycles. The molecule has 5 atom stereocenters. The first-order valence-electron chi connectivity index (χ1n) is 5.67. The minimum Gasteiger partial charge on any atom is -0.479 e. The number of nitrogens with one attached hydrogen (secondary N) is 1. The van der Waals surface area contributed by atoms with E-state index in [1.807, 2.05) is 4.98 Å². The molecule has 1 aliphatic heterocycles. The summed E-state index contributed by atoms with van der Waals surface area (Å²) in [6, 6.07) is 0. The number of hydrogen-bond acceptors (Lipinski definition) is 7. The van der Waals surface area contributed by atoms with Crippen LogP contribution in [-0.2, 0) is 9.53 Å². The van der Waals surface area contributed by atoms with Gasteiger partial charge in [-0.05, 0) is 22.6 Å². The number of aliphatic carboxylic acids is 1. The first-order valence-corrected chi connectivity index (χ1v) is 6.75. The van der Waals surface area contributed by atoms with Crippen LogP contribution in [0.1, 0.15) is 6.23 Å². The summed E-state index contributed by atoms with van der Waals surface area (Å²) in [4.78, 5) is 35.6. The second kappa shape index (κ2) is 5.84. The van der Waals surface area contributed by atoms with Crippen LogP contribution in [0.3, 0.4) is 0 Å². The van der Waals surface area contributed by atoms with Gasteiger partial charge >= 0.3 is 11.7 Å². The van der Waals surface area contributed by atoms with E-state index < -0.39 is 47.9 Å². The van der Waals surface area contributed by atoms with E-state index in [2.05, 4.69) is 0 Å². The number of aliphatic hydroxyl groups excluding tert-OH is 3. The van der Waals surface area contributed by atoms with Crippen molar-refractivity contribution in [3.05, 3.63) is 30.6 Å². The molecule has 1 fully saturated rings. The minimum atomic E-state index is -2.07. The van der Waals surface area contributed by atoms with E-state index in [1.165, 1.54) is 0 Å². The van der Waals surface area contributed by atoms with Gasteiger partial charge in [-0.3, -0.25) is 14.3 Å². The van der Waals surface area contributed by atoms with Crippen LogP contribution in [0.15, 0.2) is 15.8 Å². The third-order valence-electron chi connectivity index (χ3n) is 3.04. The summed E-state index contributed by atoms with van der Waals surface area (Å²) in [5.74, 6) is -1.64. The van der Waals surface area contributed by atoms with Gasteiger partial charge in [-0.15, -0.1) is 0 Å². The number of aromatic nitrogens is 2. The van der Waals surface area contributed by atoms with Crippen molar-refractivity contribution in [3.63, 3.8) is 0 Å². The maximum absolute atomic E-state index is 11.7. The molecule has 1 aromatic rings. The van der Waals surface area contributed by atoms with Crippen LogP contribution >= 0.6 is 22.6 Å². The van der Waals surface area contributed by atoms with Crippen molar-refractivity contribution in [3.8, 4) is 0 Å². The summed E-state index contributed by atoms with van der Waals surface area (Å²) in [6.45, 7) is 0. The van der Waals surface area contributed by atoms with Gasteiger partial charge in [0.15, 0.2) is 12.3 Å². The highest BCUT2D eigenvalue weighted by Gasteiger charge is 2.49. The molecule has 21 heavy (non-hydrogen) atoms. The Morgan fingerprint density at radius 3 is 2.57 bits per heavy atom. The Bertz CT molecular complexity index is 670. The Balaban J connectivity index is 2.38. The molecule has 10 nitrogen and oxygen atoms in total. The van der Waals surface area contributed by atoms with Gasteiger partial charge in [-0.1, -0.05) is 0 Å². The Morgan fingerprint density at radius 1 is 1.38 bits per heavy atom. The average Bonchev–Trinajstić information content (AvgIpc) is 2.70. The van der Waals surface area contributed by atoms with Crippen LogP contribution in [0.25, 0.3) is 0 Å². The zero-order valence-corrected chi connectivity index (χ0v) is 12.4. The van der Waals surface area contributed by atoms with E-state index in [0.717, 1.165) is 10.8 Å². The number of halogens is 1. The summed E-state index contributed by atoms with van der Waals surface area (Å²) in [7, 11) is 0. The lowest BCUT2D eigenvalue weighted by Crippen LogP contribution is -2.42. The fraction of sp³-hybridized carbons (Fsp3) is 0.500. The van der Waals surface area contributed by atoms with E-state index in [9.17, 15) is 29.7 Å². The summed E-state index contributed by atoms with van der Waals surface area (Å²) >= 11 is 1.65. The number of aliphatic hydroxyl groups is 3. The molecule has 1 aliphatic rings. The highest BCUT2D eigenvalue weighted by molar-refractivity contribution is 14.1. The van der Waals surface area contributed by atoms with Crippen molar-refractivity contribution in [2.24, 2.45) is 0 Å². The first kappa shape index (κ1) is 16.1. The molecule has 0 aromatic carbocycles. The molecule has 1 saturated heterocycles.